The molecule has 2 N–H and O–H groups in total. The molecule has 0 spiro atoms. The number of hydrogen-bond donors (Lipinski definition) is 1. The van der Waals surface area contributed by atoms with Crippen molar-refractivity contribution in [3.63, 3.8) is 0 Å². The molecular weight excluding hydrogens is 170 g/mol. The third-order valence-corrected chi connectivity index (χ3v) is 1.52. The van der Waals surface area contributed by atoms with Gasteiger partial charge in [-0.1, -0.05) is 0 Å². The molecule has 0 aromatic heterocycles. The number of hydrogen-bond acceptors (Lipinski definition) is 4. The molecule has 13 heavy (non-hydrogen) atoms. The first-order valence-corrected chi connectivity index (χ1v) is 3.88. The van der Waals surface area contributed by atoms with Gasteiger partial charge in [0.15, 0.2) is 0 Å². The summed E-state index contributed by atoms with van der Waals surface area (Å²) in [5.74, 6) is -0.993. The van der Waals surface area contributed by atoms with Crippen LogP contribution < -0.4 is 15.6 Å². The van der Waals surface area contributed by atoms with Crippen molar-refractivity contribution < 1.29 is 14.6 Å². The lowest BCUT2D eigenvalue weighted by atomic mass is 10.2. The highest BCUT2D eigenvalue weighted by atomic mass is 16.5. The summed E-state index contributed by atoms with van der Waals surface area (Å²) in [6, 6.07) is 4.42. The number of carboxylic acid groups (broad SMARTS) is 1. The van der Waals surface area contributed by atoms with Crippen molar-refractivity contribution in [3.05, 3.63) is 23.8 Å². The molecule has 1 aromatic carbocycles. The zero-order valence-corrected chi connectivity index (χ0v) is 7.24. The Bertz CT molecular complexity index is 323. The van der Waals surface area contributed by atoms with E-state index in [0.29, 0.717) is 12.3 Å². The summed E-state index contributed by atoms with van der Waals surface area (Å²) < 4.78 is 5.08. The molecule has 70 valence electrons. The first kappa shape index (κ1) is 9.38. The number of ether oxygens (including phenoxy) is 1. The number of carboxylic acids is 1. The van der Waals surface area contributed by atoms with Gasteiger partial charge in [0.05, 0.1) is 12.6 Å². The largest absolute Gasteiger partial charge is 0.545 e. The summed E-state index contributed by atoms with van der Waals surface area (Å²) in [5, 5.41) is 10.6. The lowest BCUT2D eigenvalue weighted by molar-refractivity contribution is -0.255. The molecule has 0 bridgehead atoms. The standard InChI is InChI=1S/C9H11NO3/c1-2-13-8-4-3-6(10)5-7(8)9(11)12/h3-5H,2,10H2,1H3,(H,11,12)/p-1. The molecule has 0 saturated heterocycles. The second-order valence-corrected chi connectivity index (χ2v) is 2.48. The zero-order chi connectivity index (χ0) is 9.84. The lowest BCUT2D eigenvalue weighted by Gasteiger charge is -2.10. The Kier molecular flexibility index (Phi) is 2.74. The van der Waals surface area contributed by atoms with Gasteiger partial charge < -0.3 is 20.4 Å². The fourth-order valence-corrected chi connectivity index (χ4v) is 0.988. The summed E-state index contributed by atoms with van der Waals surface area (Å²) in [7, 11) is 0. The first-order chi connectivity index (χ1) is 6.15. The minimum atomic E-state index is -1.28. The fourth-order valence-electron chi connectivity index (χ4n) is 0.988. The van der Waals surface area contributed by atoms with Gasteiger partial charge in [-0.05, 0) is 25.1 Å². The second kappa shape index (κ2) is 3.80. The van der Waals surface area contributed by atoms with Crippen LogP contribution in [0.3, 0.4) is 0 Å². The molecule has 0 aliphatic heterocycles. The van der Waals surface area contributed by atoms with Crippen LogP contribution in [-0.4, -0.2) is 12.6 Å². The number of carbonyl (C=O) groups is 1. The summed E-state index contributed by atoms with van der Waals surface area (Å²) >= 11 is 0. The van der Waals surface area contributed by atoms with Gasteiger partial charge in [-0.15, -0.1) is 0 Å². The van der Waals surface area contributed by atoms with Crippen LogP contribution >= 0.6 is 0 Å². The number of nitrogen functional groups attached to an aromatic ring is 1. The van der Waals surface area contributed by atoms with E-state index in [0.717, 1.165) is 0 Å². The molecule has 0 heterocycles. The van der Waals surface area contributed by atoms with E-state index in [1.165, 1.54) is 12.1 Å². The number of aromatic carboxylic acids is 1. The SMILES string of the molecule is CCOc1ccc(N)cc1C(=O)[O-]. The zero-order valence-electron chi connectivity index (χ0n) is 7.24. The Labute approximate surface area is 75.9 Å². The predicted octanol–water partition coefficient (Wildman–Crippen LogP) is 0.0310. The maximum Gasteiger partial charge on any atom is 0.128 e. The maximum absolute atomic E-state index is 10.6. The molecule has 0 amide bonds. The Balaban J connectivity index is 3.10. The Morgan fingerprint density at radius 2 is 2.31 bits per heavy atom. The molecular formula is C9H10NO3-. The Morgan fingerprint density at radius 1 is 1.62 bits per heavy atom. The van der Waals surface area contributed by atoms with E-state index in [4.69, 9.17) is 10.5 Å². The number of benzene rings is 1. The average Bonchev–Trinajstić information content (AvgIpc) is 2.08. The molecule has 1 rings (SSSR count). The van der Waals surface area contributed by atoms with Gasteiger partial charge in [-0.3, -0.25) is 0 Å². The smallest absolute Gasteiger partial charge is 0.128 e. The normalized spacial score (nSPS) is 9.62. The highest BCUT2D eigenvalue weighted by Crippen LogP contribution is 2.20. The van der Waals surface area contributed by atoms with Crippen LogP contribution in [0, 0.1) is 0 Å². The monoisotopic (exact) mass is 180 g/mol. The van der Waals surface area contributed by atoms with Crippen LogP contribution in [0.5, 0.6) is 5.75 Å². The predicted molar refractivity (Wildman–Crippen MR) is 46.4 cm³/mol. The lowest BCUT2D eigenvalue weighted by Crippen LogP contribution is -2.23. The van der Waals surface area contributed by atoms with Crippen LogP contribution in [0.4, 0.5) is 5.69 Å². The fraction of sp³-hybridized carbons (Fsp3) is 0.222. The van der Waals surface area contributed by atoms with Crippen molar-refractivity contribution in [2.75, 3.05) is 12.3 Å². The second-order valence-electron chi connectivity index (χ2n) is 2.48. The Hall–Kier alpha value is -1.71. The van der Waals surface area contributed by atoms with Gasteiger partial charge in [-0.2, -0.15) is 0 Å². The van der Waals surface area contributed by atoms with E-state index >= 15 is 0 Å². The van der Waals surface area contributed by atoms with E-state index in [-0.39, 0.29) is 11.3 Å². The van der Waals surface area contributed by atoms with Crippen molar-refractivity contribution in [3.8, 4) is 5.75 Å². The number of rotatable bonds is 3. The Morgan fingerprint density at radius 3 is 2.85 bits per heavy atom. The number of nitrogens with two attached hydrogens (primary N) is 1. The molecule has 4 nitrogen and oxygen atoms in total. The number of carbonyl (C=O) groups excluding carboxylic acids is 1. The van der Waals surface area contributed by atoms with Crippen molar-refractivity contribution in [2.24, 2.45) is 0 Å². The minimum absolute atomic E-state index is 0.0122. The first-order valence-electron chi connectivity index (χ1n) is 3.88. The van der Waals surface area contributed by atoms with Crippen molar-refractivity contribution >= 4 is 11.7 Å². The quantitative estimate of drug-likeness (QED) is 0.666. The van der Waals surface area contributed by atoms with Crippen LogP contribution in [0.15, 0.2) is 18.2 Å². The highest BCUT2D eigenvalue weighted by Gasteiger charge is 2.03. The molecule has 4 heteroatoms. The third kappa shape index (κ3) is 2.11. The van der Waals surface area contributed by atoms with E-state index in [2.05, 4.69) is 0 Å². The van der Waals surface area contributed by atoms with E-state index < -0.39 is 5.97 Å². The summed E-state index contributed by atoms with van der Waals surface area (Å²) in [5.41, 5.74) is 5.78. The number of anilines is 1. The van der Waals surface area contributed by atoms with Crippen molar-refractivity contribution in [1.29, 1.82) is 0 Å². The van der Waals surface area contributed by atoms with E-state index in [1.807, 2.05) is 0 Å². The maximum atomic E-state index is 10.6. The average molecular weight is 180 g/mol. The van der Waals surface area contributed by atoms with E-state index in [9.17, 15) is 9.90 Å². The molecule has 0 aliphatic carbocycles. The van der Waals surface area contributed by atoms with Crippen LogP contribution in [0.1, 0.15) is 17.3 Å². The van der Waals surface area contributed by atoms with Gasteiger partial charge >= 0.3 is 0 Å². The molecule has 0 fully saturated rings. The van der Waals surface area contributed by atoms with Gasteiger partial charge in [0, 0.05) is 11.3 Å². The van der Waals surface area contributed by atoms with Gasteiger partial charge in [-0.25, -0.2) is 0 Å². The van der Waals surface area contributed by atoms with Crippen LogP contribution in [0.2, 0.25) is 0 Å². The molecule has 0 saturated carbocycles. The molecule has 1 aromatic rings. The van der Waals surface area contributed by atoms with Crippen LogP contribution in [0.25, 0.3) is 0 Å². The summed E-state index contributed by atoms with van der Waals surface area (Å²) in [6.45, 7) is 2.18. The minimum Gasteiger partial charge on any atom is -0.545 e. The molecule has 0 aliphatic rings. The van der Waals surface area contributed by atoms with Crippen LogP contribution in [-0.2, 0) is 0 Å². The summed E-state index contributed by atoms with van der Waals surface area (Å²) in [6.07, 6.45) is 0. The van der Waals surface area contributed by atoms with Crippen molar-refractivity contribution in [2.45, 2.75) is 6.92 Å². The third-order valence-electron chi connectivity index (χ3n) is 1.52. The van der Waals surface area contributed by atoms with Crippen molar-refractivity contribution in [1.82, 2.24) is 0 Å². The van der Waals surface area contributed by atoms with Gasteiger partial charge in [0.2, 0.25) is 0 Å². The molecule has 0 radical (unpaired) electrons. The van der Waals surface area contributed by atoms with E-state index in [1.54, 1.807) is 13.0 Å². The topological polar surface area (TPSA) is 75.4 Å². The molecule has 0 unspecified atom stereocenters. The molecule has 0 atom stereocenters. The van der Waals surface area contributed by atoms with Gasteiger partial charge in [0.25, 0.3) is 0 Å². The van der Waals surface area contributed by atoms with Gasteiger partial charge in [0.1, 0.15) is 5.75 Å². The summed E-state index contributed by atoms with van der Waals surface area (Å²) in [4.78, 5) is 10.6. The highest BCUT2D eigenvalue weighted by molar-refractivity contribution is 5.90.